The fraction of sp³-hybridized carbons (Fsp3) is 0.455. The first kappa shape index (κ1) is 18.0. The van der Waals surface area contributed by atoms with Gasteiger partial charge >= 0.3 is 0 Å². The van der Waals surface area contributed by atoms with E-state index in [9.17, 15) is 13.6 Å². The van der Waals surface area contributed by atoms with Gasteiger partial charge in [0.2, 0.25) is 5.91 Å². The number of nitrogens with one attached hydrogen (secondary N) is 2. The van der Waals surface area contributed by atoms with Gasteiger partial charge in [-0.2, -0.15) is 0 Å². The number of anilines is 1. The maximum atomic E-state index is 12.9. The largest absolute Gasteiger partial charge is 0.309 e. The third-order valence-electron chi connectivity index (χ3n) is 2.57. The summed E-state index contributed by atoms with van der Waals surface area (Å²) >= 11 is 0. The Balaban J connectivity index is 0.00000162. The molecule has 2 rings (SSSR count). The summed E-state index contributed by atoms with van der Waals surface area (Å²) in [7, 11) is 0. The normalized spacial score (nSPS) is 20.1. The molecule has 0 aliphatic carbocycles. The summed E-state index contributed by atoms with van der Waals surface area (Å²) in [5.41, 5.74) is 0.757. The van der Waals surface area contributed by atoms with E-state index in [0.29, 0.717) is 5.82 Å². The average molecular weight is 314 g/mol. The molecule has 2 heterocycles. The van der Waals surface area contributed by atoms with Gasteiger partial charge in [-0.3, -0.25) is 10.1 Å². The number of carbonyl (C=O) groups excluding carboxylic acids is 1. The van der Waals surface area contributed by atoms with Crippen LogP contribution in [-0.4, -0.2) is 29.4 Å². The van der Waals surface area contributed by atoms with Crippen molar-refractivity contribution in [3.8, 4) is 0 Å². The van der Waals surface area contributed by atoms with Crippen molar-refractivity contribution in [3.05, 3.63) is 23.9 Å². The number of hydrogen-bond acceptors (Lipinski definition) is 3. The summed E-state index contributed by atoms with van der Waals surface area (Å²) in [6.07, 6.45) is -0.468. The van der Waals surface area contributed by atoms with Crippen molar-refractivity contribution in [2.45, 2.75) is 25.3 Å². The van der Waals surface area contributed by atoms with E-state index in [0.717, 1.165) is 5.69 Å². The molecule has 1 saturated heterocycles. The van der Waals surface area contributed by atoms with Crippen LogP contribution in [0.2, 0.25) is 0 Å². The second-order valence-electron chi connectivity index (χ2n) is 4.15. The molecule has 0 spiro atoms. The summed E-state index contributed by atoms with van der Waals surface area (Å²) in [5.74, 6) is -2.89. The Kier molecular flexibility index (Phi) is 6.62. The number of nitrogens with zero attached hydrogens (tertiary/aromatic N) is 1. The van der Waals surface area contributed by atoms with E-state index in [-0.39, 0.29) is 24.8 Å². The van der Waals surface area contributed by atoms with Gasteiger partial charge in [-0.15, -0.1) is 24.8 Å². The number of alkyl halides is 2. The van der Waals surface area contributed by atoms with Crippen molar-refractivity contribution in [2.75, 3.05) is 11.9 Å². The number of rotatable bonds is 2. The number of aryl methyl sites for hydroxylation is 1. The summed E-state index contributed by atoms with van der Waals surface area (Å²) < 4.78 is 25.8. The second-order valence-corrected chi connectivity index (χ2v) is 4.15. The first-order valence-corrected chi connectivity index (χ1v) is 5.32. The lowest BCUT2D eigenvalue weighted by Crippen LogP contribution is -2.35. The lowest BCUT2D eigenvalue weighted by atomic mass is 10.2. The minimum absolute atomic E-state index is 0. The Labute approximate surface area is 122 Å². The van der Waals surface area contributed by atoms with Gasteiger partial charge in [0.15, 0.2) is 0 Å². The molecule has 0 bridgehead atoms. The van der Waals surface area contributed by atoms with E-state index < -0.39 is 30.8 Å². The molecule has 0 saturated carbocycles. The van der Waals surface area contributed by atoms with Crippen molar-refractivity contribution in [2.24, 2.45) is 0 Å². The summed E-state index contributed by atoms with van der Waals surface area (Å²) in [6.45, 7) is 1.34. The van der Waals surface area contributed by atoms with Gasteiger partial charge in [0.05, 0.1) is 12.6 Å². The minimum atomic E-state index is -2.80. The minimum Gasteiger partial charge on any atom is -0.309 e. The van der Waals surface area contributed by atoms with Crippen LogP contribution in [0.25, 0.3) is 0 Å². The molecule has 1 aliphatic heterocycles. The molecule has 0 aromatic carbocycles. The molecular weight excluding hydrogens is 299 g/mol. The molecule has 1 aromatic heterocycles. The molecule has 1 fully saturated rings. The number of halogens is 4. The molecule has 0 radical (unpaired) electrons. The highest BCUT2D eigenvalue weighted by Gasteiger charge is 2.42. The van der Waals surface area contributed by atoms with Gasteiger partial charge in [0.1, 0.15) is 5.82 Å². The van der Waals surface area contributed by atoms with E-state index in [4.69, 9.17) is 0 Å². The molecule has 4 nitrogen and oxygen atoms in total. The highest BCUT2D eigenvalue weighted by molar-refractivity contribution is 5.94. The van der Waals surface area contributed by atoms with Crippen LogP contribution in [0.3, 0.4) is 0 Å². The molecule has 1 aromatic rings. The molecule has 1 aliphatic rings. The maximum Gasteiger partial charge on any atom is 0.262 e. The lowest BCUT2D eigenvalue weighted by molar-refractivity contribution is -0.118. The van der Waals surface area contributed by atoms with Crippen LogP contribution in [0.5, 0.6) is 0 Å². The van der Waals surface area contributed by atoms with Crippen molar-refractivity contribution >= 4 is 36.5 Å². The summed E-state index contributed by atoms with van der Waals surface area (Å²) in [5, 5.41) is 5.01. The molecule has 108 valence electrons. The third-order valence-corrected chi connectivity index (χ3v) is 2.57. The van der Waals surface area contributed by atoms with Crippen molar-refractivity contribution in [3.63, 3.8) is 0 Å². The quantitative estimate of drug-likeness (QED) is 0.880. The zero-order chi connectivity index (χ0) is 12.5. The predicted octanol–water partition coefficient (Wildman–Crippen LogP) is 2.17. The number of carbonyl (C=O) groups is 1. The Hall–Kier alpha value is -0.980. The van der Waals surface area contributed by atoms with E-state index in [2.05, 4.69) is 15.6 Å². The Bertz CT molecular complexity index is 446. The van der Waals surface area contributed by atoms with E-state index >= 15 is 0 Å². The van der Waals surface area contributed by atoms with Gasteiger partial charge in [0, 0.05) is 12.1 Å². The fourth-order valence-electron chi connectivity index (χ4n) is 1.73. The topological polar surface area (TPSA) is 54.0 Å². The van der Waals surface area contributed by atoms with Gasteiger partial charge in [-0.05, 0) is 19.1 Å². The highest BCUT2D eigenvalue weighted by Crippen LogP contribution is 2.25. The molecular formula is C11H15Cl2F2N3O. The van der Waals surface area contributed by atoms with Crippen LogP contribution >= 0.6 is 24.8 Å². The van der Waals surface area contributed by atoms with Gasteiger partial charge in [-0.1, -0.05) is 6.07 Å². The fourth-order valence-corrected chi connectivity index (χ4v) is 1.73. The van der Waals surface area contributed by atoms with Crippen molar-refractivity contribution in [1.82, 2.24) is 10.3 Å². The number of hydrogen-bond donors (Lipinski definition) is 2. The predicted molar refractivity (Wildman–Crippen MR) is 73.5 cm³/mol. The van der Waals surface area contributed by atoms with Gasteiger partial charge < -0.3 is 5.32 Å². The Morgan fingerprint density at radius 1 is 1.47 bits per heavy atom. The van der Waals surface area contributed by atoms with E-state index in [1.807, 2.05) is 0 Å². The number of amides is 1. The van der Waals surface area contributed by atoms with Crippen molar-refractivity contribution in [1.29, 1.82) is 0 Å². The molecule has 8 heteroatoms. The zero-order valence-corrected chi connectivity index (χ0v) is 11.8. The van der Waals surface area contributed by atoms with Crippen LogP contribution < -0.4 is 10.6 Å². The van der Waals surface area contributed by atoms with Crippen LogP contribution in [0.15, 0.2) is 18.2 Å². The first-order valence-electron chi connectivity index (χ1n) is 5.32. The smallest absolute Gasteiger partial charge is 0.262 e. The molecule has 1 unspecified atom stereocenters. The summed E-state index contributed by atoms with van der Waals surface area (Å²) in [4.78, 5) is 15.7. The molecule has 2 N–H and O–H groups in total. The van der Waals surface area contributed by atoms with Gasteiger partial charge in [0.25, 0.3) is 5.92 Å². The molecule has 1 amide bonds. The Morgan fingerprint density at radius 3 is 2.68 bits per heavy atom. The summed E-state index contributed by atoms with van der Waals surface area (Å²) in [6, 6.07) is 4.30. The van der Waals surface area contributed by atoms with Crippen molar-refractivity contribution < 1.29 is 13.6 Å². The Morgan fingerprint density at radius 2 is 2.16 bits per heavy atom. The molecule has 1 atom stereocenters. The third kappa shape index (κ3) is 4.89. The van der Waals surface area contributed by atoms with E-state index in [1.54, 1.807) is 25.1 Å². The first-order chi connectivity index (χ1) is 7.96. The van der Waals surface area contributed by atoms with E-state index in [1.165, 1.54) is 0 Å². The average Bonchev–Trinajstić information content (AvgIpc) is 2.59. The monoisotopic (exact) mass is 313 g/mol. The van der Waals surface area contributed by atoms with Crippen LogP contribution in [0.4, 0.5) is 14.6 Å². The lowest BCUT2D eigenvalue weighted by Gasteiger charge is -2.10. The standard InChI is InChI=1S/C11H13F2N3O.2ClH/c1-7-3-2-4-9(15-7)16-10(17)8-5-11(12,13)6-14-8;;/h2-4,8,14H,5-6H2,1H3,(H,15,16,17);2*1H. The number of pyridine rings is 1. The zero-order valence-electron chi connectivity index (χ0n) is 10.2. The maximum absolute atomic E-state index is 12.9. The number of aromatic nitrogens is 1. The SMILES string of the molecule is Cc1cccc(NC(=O)C2CC(F)(F)CN2)n1.Cl.Cl. The van der Waals surface area contributed by atoms with Gasteiger partial charge in [-0.25, -0.2) is 13.8 Å². The highest BCUT2D eigenvalue weighted by atomic mass is 35.5. The molecule has 19 heavy (non-hydrogen) atoms. The van der Waals surface area contributed by atoms with Crippen LogP contribution in [0.1, 0.15) is 12.1 Å². The second kappa shape index (κ2) is 6.98. The van der Waals surface area contributed by atoms with Crippen LogP contribution in [0, 0.1) is 6.92 Å². The van der Waals surface area contributed by atoms with Crippen LogP contribution in [-0.2, 0) is 4.79 Å².